The van der Waals surface area contributed by atoms with Gasteiger partial charge in [-0.05, 0) is 24.0 Å². The maximum atomic E-state index is 11.9. The number of ketones is 1. The fourth-order valence-corrected chi connectivity index (χ4v) is 1.68. The Balaban J connectivity index is 2.79. The zero-order chi connectivity index (χ0) is 15.3. The van der Waals surface area contributed by atoms with Gasteiger partial charge in [-0.2, -0.15) is 0 Å². The number of rotatable bonds is 3. The van der Waals surface area contributed by atoms with Gasteiger partial charge in [0.05, 0.1) is 5.56 Å². The van der Waals surface area contributed by atoms with Gasteiger partial charge < -0.3 is 0 Å². The Hall–Kier alpha value is -2.17. The summed E-state index contributed by atoms with van der Waals surface area (Å²) in [7, 11) is 0. The van der Waals surface area contributed by atoms with Gasteiger partial charge in [-0.3, -0.25) is 4.79 Å². The fourth-order valence-electron chi connectivity index (χ4n) is 1.68. The van der Waals surface area contributed by atoms with Gasteiger partial charge >= 0.3 is 11.9 Å². The van der Waals surface area contributed by atoms with Gasteiger partial charge in [0.2, 0.25) is 0 Å². The Morgan fingerprint density at radius 1 is 1.05 bits per heavy atom. The molecule has 20 heavy (non-hydrogen) atoms. The molecule has 0 amide bonds. The molecule has 0 aliphatic heterocycles. The zero-order valence-corrected chi connectivity index (χ0v) is 12.1. The molecule has 1 aromatic carbocycles. The van der Waals surface area contributed by atoms with Crippen molar-refractivity contribution in [2.45, 2.75) is 39.5 Å². The molecule has 0 heterocycles. The molecule has 0 N–H and O–H groups in total. The average molecular weight is 278 g/mol. The number of Topliss-reactive ketones (excluding diaryl/α,β-unsaturated/α-hetero) is 1. The van der Waals surface area contributed by atoms with Crippen LogP contribution in [0.25, 0.3) is 0 Å². The summed E-state index contributed by atoms with van der Waals surface area (Å²) in [5, 5.41) is 0. The van der Waals surface area contributed by atoms with Crippen molar-refractivity contribution in [1.29, 1.82) is 0 Å². The number of hydrogen-bond donors (Lipinski definition) is 0. The molecule has 0 bridgehead atoms. The van der Waals surface area contributed by atoms with Crippen LogP contribution >= 0.6 is 0 Å². The molecule has 1 aromatic rings. The first kappa shape index (κ1) is 15.9. The minimum Gasteiger partial charge on any atom is -0.299 e. The fraction of sp³-hybridized carbons (Fsp3) is 0.400. The molecular weight excluding hydrogens is 260 g/mol. The quantitative estimate of drug-likeness (QED) is 0.483. The number of carbonyl (C=O) groups is 3. The van der Waals surface area contributed by atoms with E-state index in [1.54, 1.807) is 12.1 Å². The highest BCUT2D eigenvalue weighted by Crippen LogP contribution is 2.26. The van der Waals surface area contributed by atoms with E-state index < -0.39 is 18.4 Å². The zero-order valence-electron chi connectivity index (χ0n) is 12.1. The first-order valence-corrected chi connectivity index (χ1v) is 6.22. The van der Waals surface area contributed by atoms with Crippen LogP contribution in [-0.2, 0) is 24.8 Å². The predicted molar refractivity (Wildman–Crippen MR) is 71.9 cm³/mol. The lowest BCUT2D eigenvalue weighted by Crippen LogP contribution is -2.19. The summed E-state index contributed by atoms with van der Waals surface area (Å²) in [6.07, 6.45) is -0.422. The first-order chi connectivity index (χ1) is 9.21. The minimum absolute atomic E-state index is 0.251. The normalized spacial score (nSPS) is 10.8. The third-order valence-electron chi connectivity index (χ3n) is 2.56. The van der Waals surface area contributed by atoms with E-state index in [9.17, 15) is 14.4 Å². The van der Waals surface area contributed by atoms with Crippen LogP contribution in [0.15, 0.2) is 24.3 Å². The Morgan fingerprint density at radius 3 is 2.20 bits per heavy atom. The van der Waals surface area contributed by atoms with E-state index in [0.29, 0.717) is 5.56 Å². The van der Waals surface area contributed by atoms with Crippen molar-refractivity contribution in [3.63, 3.8) is 0 Å². The van der Waals surface area contributed by atoms with Gasteiger partial charge in [-0.1, -0.05) is 39.0 Å². The second kappa shape index (κ2) is 6.32. The summed E-state index contributed by atoms with van der Waals surface area (Å²) in [6, 6.07) is 6.93. The van der Waals surface area contributed by atoms with Crippen LogP contribution in [0, 0.1) is 0 Å². The summed E-state index contributed by atoms with van der Waals surface area (Å²) in [5.41, 5.74) is 0.863. The van der Waals surface area contributed by atoms with Crippen molar-refractivity contribution in [3.8, 4) is 0 Å². The molecule has 5 heteroatoms. The Bertz CT molecular complexity index is 525. The van der Waals surface area contributed by atoms with E-state index in [2.05, 4.69) is 9.78 Å². The van der Waals surface area contributed by atoms with E-state index in [1.807, 2.05) is 32.9 Å². The van der Waals surface area contributed by atoms with Crippen molar-refractivity contribution in [3.05, 3.63) is 35.4 Å². The molecule has 0 aliphatic rings. The van der Waals surface area contributed by atoms with Crippen molar-refractivity contribution >= 4 is 17.7 Å². The van der Waals surface area contributed by atoms with Crippen LogP contribution in [0.2, 0.25) is 0 Å². The maximum absolute atomic E-state index is 11.9. The van der Waals surface area contributed by atoms with Crippen LogP contribution in [0.3, 0.4) is 0 Å². The highest BCUT2D eigenvalue weighted by atomic mass is 17.2. The molecule has 0 saturated heterocycles. The molecular formula is C15H18O5. The van der Waals surface area contributed by atoms with Gasteiger partial charge in [-0.15, -0.1) is 0 Å². The molecule has 0 atom stereocenters. The number of carbonyl (C=O) groups excluding carboxylic acids is 3. The second-order valence-electron chi connectivity index (χ2n) is 5.50. The predicted octanol–water partition coefficient (Wildman–Crippen LogP) is 2.58. The van der Waals surface area contributed by atoms with Gasteiger partial charge in [-0.25, -0.2) is 19.4 Å². The van der Waals surface area contributed by atoms with E-state index in [1.165, 1.54) is 6.92 Å². The van der Waals surface area contributed by atoms with E-state index in [-0.39, 0.29) is 11.2 Å². The van der Waals surface area contributed by atoms with Crippen molar-refractivity contribution in [2.24, 2.45) is 0 Å². The Morgan fingerprint density at radius 2 is 1.65 bits per heavy atom. The molecule has 0 fully saturated rings. The van der Waals surface area contributed by atoms with Crippen LogP contribution in [0.4, 0.5) is 0 Å². The first-order valence-electron chi connectivity index (χ1n) is 6.22. The molecule has 0 aromatic heterocycles. The van der Waals surface area contributed by atoms with E-state index >= 15 is 0 Å². The lowest BCUT2D eigenvalue weighted by molar-refractivity contribution is -0.233. The highest BCUT2D eigenvalue weighted by molar-refractivity contribution is 5.95. The standard InChI is InChI=1S/C15H18O5/c1-10(16)9-13(17)19-20-14(18)11-7-5-6-8-12(11)15(2,3)4/h5-8H,9H2,1-4H3. The summed E-state index contributed by atoms with van der Waals surface area (Å²) in [4.78, 5) is 42.6. The van der Waals surface area contributed by atoms with Crippen LogP contribution in [0.5, 0.6) is 0 Å². The monoisotopic (exact) mass is 278 g/mol. The van der Waals surface area contributed by atoms with Crippen molar-refractivity contribution in [1.82, 2.24) is 0 Å². The molecule has 0 spiro atoms. The van der Waals surface area contributed by atoms with Gasteiger partial charge in [0.25, 0.3) is 0 Å². The molecule has 0 saturated carbocycles. The molecule has 0 aliphatic carbocycles. The lowest BCUT2D eigenvalue weighted by atomic mass is 9.84. The second-order valence-corrected chi connectivity index (χ2v) is 5.50. The Kier molecular flexibility index (Phi) is 5.02. The highest BCUT2D eigenvalue weighted by Gasteiger charge is 2.23. The summed E-state index contributed by atoms with van der Waals surface area (Å²) in [5.74, 6) is -2.01. The molecule has 5 nitrogen and oxygen atoms in total. The third kappa shape index (κ3) is 4.50. The van der Waals surface area contributed by atoms with Crippen LogP contribution in [0.1, 0.15) is 50.0 Å². The van der Waals surface area contributed by atoms with Crippen molar-refractivity contribution < 1.29 is 24.2 Å². The average Bonchev–Trinajstić information content (AvgIpc) is 2.34. The minimum atomic E-state index is -0.890. The lowest BCUT2D eigenvalue weighted by Gasteiger charge is -2.21. The molecule has 1 rings (SSSR count). The molecule has 108 valence electrons. The smallest absolute Gasteiger partial charge is 0.299 e. The summed E-state index contributed by atoms with van der Waals surface area (Å²) >= 11 is 0. The summed E-state index contributed by atoms with van der Waals surface area (Å²) in [6.45, 7) is 7.13. The topological polar surface area (TPSA) is 69.7 Å². The van der Waals surface area contributed by atoms with Crippen molar-refractivity contribution in [2.75, 3.05) is 0 Å². The molecule has 0 radical (unpaired) electrons. The van der Waals surface area contributed by atoms with Gasteiger partial charge in [0.15, 0.2) is 0 Å². The SMILES string of the molecule is CC(=O)CC(=O)OOC(=O)c1ccccc1C(C)(C)C. The van der Waals surface area contributed by atoms with Gasteiger partial charge in [0, 0.05) is 0 Å². The van der Waals surface area contributed by atoms with E-state index in [4.69, 9.17) is 0 Å². The third-order valence-corrected chi connectivity index (χ3v) is 2.56. The molecule has 0 unspecified atom stereocenters. The maximum Gasteiger partial charge on any atom is 0.386 e. The number of benzene rings is 1. The Labute approximate surface area is 117 Å². The van der Waals surface area contributed by atoms with Gasteiger partial charge in [0.1, 0.15) is 12.2 Å². The van der Waals surface area contributed by atoms with Crippen LogP contribution < -0.4 is 0 Å². The number of hydrogen-bond acceptors (Lipinski definition) is 5. The summed E-state index contributed by atoms with van der Waals surface area (Å²) < 4.78 is 0. The largest absolute Gasteiger partial charge is 0.386 e. The van der Waals surface area contributed by atoms with Crippen LogP contribution in [-0.4, -0.2) is 17.7 Å². The van der Waals surface area contributed by atoms with E-state index in [0.717, 1.165) is 5.56 Å².